The molecule has 0 bridgehead atoms. The van der Waals surface area contributed by atoms with Crippen LogP contribution in [0.5, 0.6) is 0 Å². The molecule has 1 aliphatic rings. The number of hydrazine groups is 1. The van der Waals surface area contributed by atoms with Crippen LogP contribution in [0.25, 0.3) is 0 Å². The molecular weight excluding hydrogens is 283 g/mol. The number of pyridine rings is 1. The molecule has 1 saturated heterocycles. The summed E-state index contributed by atoms with van der Waals surface area (Å²) in [6, 6.07) is 8.17. The van der Waals surface area contributed by atoms with E-state index in [2.05, 4.69) is 21.2 Å². The first kappa shape index (κ1) is 14.6. The minimum absolute atomic E-state index is 0.0495. The Bertz CT molecular complexity index is 677. The molecule has 1 amide bonds. The molecule has 0 aliphatic carbocycles. The van der Waals surface area contributed by atoms with Crippen molar-refractivity contribution >= 4 is 11.6 Å². The Balaban J connectivity index is 1.63. The summed E-state index contributed by atoms with van der Waals surface area (Å²) < 4.78 is 13.5. The van der Waals surface area contributed by atoms with Gasteiger partial charge in [0.15, 0.2) is 0 Å². The number of nitrogens with one attached hydrogen (secondary N) is 3. The van der Waals surface area contributed by atoms with Crippen LogP contribution in [-0.4, -0.2) is 16.9 Å². The van der Waals surface area contributed by atoms with E-state index in [-0.39, 0.29) is 23.8 Å². The zero-order chi connectivity index (χ0) is 15.5. The van der Waals surface area contributed by atoms with Crippen molar-refractivity contribution < 1.29 is 9.18 Å². The van der Waals surface area contributed by atoms with Crippen LogP contribution in [0.3, 0.4) is 0 Å². The number of carbonyl (C=O) groups excluding carboxylic acids is 1. The van der Waals surface area contributed by atoms with Gasteiger partial charge in [-0.2, -0.15) is 0 Å². The third-order valence-electron chi connectivity index (χ3n) is 3.77. The number of anilines is 1. The molecule has 1 fully saturated rings. The molecule has 1 aromatic heterocycles. The van der Waals surface area contributed by atoms with Crippen molar-refractivity contribution in [3.63, 3.8) is 0 Å². The maximum Gasteiger partial charge on any atom is 0.242 e. The zero-order valence-corrected chi connectivity index (χ0v) is 12.1. The van der Waals surface area contributed by atoms with E-state index in [9.17, 15) is 9.18 Å². The van der Waals surface area contributed by atoms with Crippen molar-refractivity contribution in [3.8, 4) is 0 Å². The van der Waals surface area contributed by atoms with Gasteiger partial charge in [0.2, 0.25) is 5.91 Å². The van der Waals surface area contributed by atoms with Crippen molar-refractivity contribution in [2.24, 2.45) is 0 Å². The van der Waals surface area contributed by atoms with Crippen LogP contribution in [0.4, 0.5) is 10.1 Å². The third-order valence-corrected chi connectivity index (χ3v) is 3.77. The molecule has 3 N–H and O–H groups in total. The number of aryl methyl sites for hydroxylation is 1. The number of amides is 1. The molecular formula is C16H17FN4O. The van der Waals surface area contributed by atoms with E-state index in [1.807, 2.05) is 12.1 Å². The van der Waals surface area contributed by atoms with Crippen LogP contribution in [0.15, 0.2) is 42.7 Å². The second-order valence-electron chi connectivity index (χ2n) is 5.36. The molecule has 5 nitrogen and oxygen atoms in total. The molecule has 1 aromatic carbocycles. The average molecular weight is 300 g/mol. The fourth-order valence-electron chi connectivity index (χ4n) is 2.44. The highest BCUT2D eigenvalue weighted by atomic mass is 19.1. The molecule has 2 heterocycles. The lowest BCUT2D eigenvalue weighted by atomic mass is 10.0. The van der Waals surface area contributed by atoms with Gasteiger partial charge in [-0.1, -0.05) is 6.07 Å². The second kappa shape index (κ2) is 6.21. The fourth-order valence-corrected chi connectivity index (χ4v) is 2.44. The monoisotopic (exact) mass is 300 g/mol. The Morgan fingerprint density at radius 1 is 1.27 bits per heavy atom. The molecule has 2 aromatic rings. The molecule has 3 rings (SSSR count). The van der Waals surface area contributed by atoms with Crippen molar-refractivity contribution in [2.75, 3.05) is 5.32 Å². The molecule has 1 aliphatic heterocycles. The fraction of sp³-hybridized carbons (Fsp3) is 0.250. The predicted molar refractivity (Wildman–Crippen MR) is 81.4 cm³/mol. The first-order valence-corrected chi connectivity index (χ1v) is 7.11. The van der Waals surface area contributed by atoms with Crippen LogP contribution >= 0.6 is 0 Å². The average Bonchev–Trinajstić information content (AvgIpc) is 3.02. The number of hydrogen-bond donors (Lipinski definition) is 3. The number of carbonyl (C=O) groups is 1. The van der Waals surface area contributed by atoms with E-state index in [0.717, 1.165) is 5.56 Å². The van der Waals surface area contributed by atoms with Crippen LogP contribution in [0, 0.1) is 12.7 Å². The lowest BCUT2D eigenvalue weighted by Gasteiger charge is -2.11. The van der Waals surface area contributed by atoms with Crippen molar-refractivity contribution in [3.05, 3.63) is 59.7 Å². The van der Waals surface area contributed by atoms with Gasteiger partial charge in [-0.05, 0) is 48.7 Å². The zero-order valence-electron chi connectivity index (χ0n) is 12.1. The van der Waals surface area contributed by atoms with E-state index in [1.54, 1.807) is 31.5 Å². The van der Waals surface area contributed by atoms with Gasteiger partial charge in [-0.15, -0.1) is 0 Å². The maximum absolute atomic E-state index is 13.5. The number of hydrogen-bond acceptors (Lipinski definition) is 4. The van der Waals surface area contributed by atoms with E-state index in [0.29, 0.717) is 17.7 Å². The van der Waals surface area contributed by atoms with Crippen LogP contribution < -0.4 is 16.2 Å². The molecule has 22 heavy (non-hydrogen) atoms. The van der Waals surface area contributed by atoms with Crippen molar-refractivity contribution in [2.45, 2.75) is 25.4 Å². The summed E-state index contributed by atoms with van der Waals surface area (Å²) in [6.07, 6.45) is 4.06. The summed E-state index contributed by atoms with van der Waals surface area (Å²) in [5.41, 5.74) is 8.15. The van der Waals surface area contributed by atoms with E-state index >= 15 is 0 Å². The summed E-state index contributed by atoms with van der Waals surface area (Å²) >= 11 is 0. The quantitative estimate of drug-likeness (QED) is 0.812. The first-order chi connectivity index (χ1) is 10.6. The lowest BCUT2D eigenvalue weighted by molar-refractivity contribution is -0.117. The molecule has 2 atom stereocenters. The molecule has 0 radical (unpaired) electrons. The van der Waals surface area contributed by atoms with Gasteiger partial charge in [0, 0.05) is 24.1 Å². The standard InChI is InChI=1S/C16H17FN4O/c1-10-2-3-12(8-13(10)17)19-16(22)15-9-14(20-21-15)11-4-6-18-7-5-11/h2-8,14-15,20-21H,9H2,1H3,(H,19,22). The van der Waals surface area contributed by atoms with Crippen molar-refractivity contribution in [1.82, 2.24) is 15.8 Å². The van der Waals surface area contributed by atoms with Crippen LogP contribution in [0.2, 0.25) is 0 Å². The van der Waals surface area contributed by atoms with Crippen molar-refractivity contribution in [1.29, 1.82) is 0 Å². The van der Waals surface area contributed by atoms with Gasteiger partial charge in [0.25, 0.3) is 0 Å². The number of benzene rings is 1. The highest BCUT2D eigenvalue weighted by Crippen LogP contribution is 2.22. The summed E-state index contributed by atoms with van der Waals surface area (Å²) in [6.45, 7) is 1.68. The van der Waals surface area contributed by atoms with Gasteiger partial charge in [0.1, 0.15) is 11.9 Å². The topological polar surface area (TPSA) is 66.0 Å². The van der Waals surface area contributed by atoms with Gasteiger partial charge >= 0.3 is 0 Å². The molecule has 114 valence electrons. The minimum Gasteiger partial charge on any atom is -0.325 e. The smallest absolute Gasteiger partial charge is 0.242 e. The Morgan fingerprint density at radius 3 is 2.77 bits per heavy atom. The molecule has 6 heteroatoms. The Morgan fingerprint density at radius 2 is 2.05 bits per heavy atom. The summed E-state index contributed by atoms with van der Waals surface area (Å²) in [5, 5.41) is 2.73. The Kier molecular flexibility index (Phi) is 4.13. The molecule has 2 unspecified atom stereocenters. The SMILES string of the molecule is Cc1ccc(NC(=O)C2CC(c3ccncc3)NN2)cc1F. The highest BCUT2D eigenvalue weighted by molar-refractivity contribution is 5.95. The van der Waals surface area contributed by atoms with E-state index < -0.39 is 0 Å². The van der Waals surface area contributed by atoms with Crippen LogP contribution in [0.1, 0.15) is 23.6 Å². The Hall–Kier alpha value is -2.31. The van der Waals surface area contributed by atoms with E-state index in [1.165, 1.54) is 6.07 Å². The van der Waals surface area contributed by atoms with Gasteiger partial charge in [0.05, 0.1) is 0 Å². The summed E-state index contributed by atoms with van der Waals surface area (Å²) in [7, 11) is 0. The normalized spacial score (nSPS) is 20.8. The molecule has 0 saturated carbocycles. The summed E-state index contributed by atoms with van der Waals surface area (Å²) in [5.74, 6) is -0.516. The lowest BCUT2D eigenvalue weighted by Crippen LogP contribution is -2.39. The third kappa shape index (κ3) is 3.13. The Labute approximate surface area is 127 Å². The summed E-state index contributed by atoms with van der Waals surface area (Å²) in [4.78, 5) is 16.2. The van der Waals surface area contributed by atoms with Gasteiger partial charge < -0.3 is 5.32 Å². The second-order valence-corrected chi connectivity index (χ2v) is 5.36. The van der Waals surface area contributed by atoms with E-state index in [4.69, 9.17) is 0 Å². The maximum atomic E-state index is 13.5. The number of rotatable bonds is 3. The number of nitrogens with zero attached hydrogens (tertiary/aromatic N) is 1. The van der Waals surface area contributed by atoms with Crippen LogP contribution in [-0.2, 0) is 4.79 Å². The largest absolute Gasteiger partial charge is 0.325 e. The highest BCUT2D eigenvalue weighted by Gasteiger charge is 2.30. The first-order valence-electron chi connectivity index (χ1n) is 7.11. The minimum atomic E-state index is -0.373. The molecule has 0 spiro atoms. The number of aromatic nitrogens is 1. The number of halogens is 1. The predicted octanol–water partition coefficient (Wildman–Crippen LogP) is 2.08. The van der Waals surface area contributed by atoms with Gasteiger partial charge in [-0.25, -0.2) is 15.2 Å². The van der Waals surface area contributed by atoms with Gasteiger partial charge in [-0.3, -0.25) is 9.78 Å².